The second-order valence-electron chi connectivity index (χ2n) is 3.30. The van der Waals surface area contributed by atoms with Crippen molar-refractivity contribution in [2.75, 3.05) is 0 Å². The molecule has 0 spiro atoms. The van der Waals surface area contributed by atoms with Gasteiger partial charge in [0.1, 0.15) is 0 Å². The van der Waals surface area contributed by atoms with Crippen molar-refractivity contribution in [1.82, 2.24) is 0 Å². The van der Waals surface area contributed by atoms with Gasteiger partial charge in [-0.1, -0.05) is 31.5 Å². The third-order valence-electron chi connectivity index (χ3n) is 1.98. The van der Waals surface area contributed by atoms with Crippen LogP contribution in [0.2, 0.25) is 0 Å². The number of rotatable bonds is 5. The highest BCUT2D eigenvalue weighted by atomic mass is 32.2. The molecule has 1 aromatic carbocycles. The van der Waals surface area contributed by atoms with Gasteiger partial charge in [0.25, 0.3) is 0 Å². The molecule has 0 fully saturated rings. The number of aliphatic hydroxyl groups excluding tert-OH is 1. The Balaban J connectivity index is 2.56. The molecule has 0 aliphatic heterocycles. The minimum absolute atomic E-state index is 0.484. The fourth-order valence-electron chi connectivity index (χ4n) is 1.19. The van der Waals surface area contributed by atoms with Crippen molar-refractivity contribution >= 4 is 10.8 Å². The maximum Gasteiger partial charge on any atom is 0.0773 e. The SMILES string of the molecule is CCC[C@H](O)/C=C/[S@](=O)c1ccccc1. The standard InChI is InChI=1S/C12H16O2S/c1-2-6-11(13)9-10-15(14)12-7-4-3-5-8-12/h3-5,7-11,13H,2,6H2,1H3/b10-9+/t11-,15-/m0/s1. The minimum Gasteiger partial charge on any atom is -0.389 e. The zero-order chi connectivity index (χ0) is 11.1. The smallest absolute Gasteiger partial charge is 0.0773 e. The molecule has 0 saturated heterocycles. The van der Waals surface area contributed by atoms with Crippen LogP contribution in [-0.2, 0) is 10.8 Å². The van der Waals surface area contributed by atoms with Crippen LogP contribution in [0.1, 0.15) is 19.8 Å². The summed E-state index contributed by atoms with van der Waals surface area (Å²) in [5.41, 5.74) is 0. The van der Waals surface area contributed by atoms with Gasteiger partial charge < -0.3 is 5.11 Å². The van der Waals surface area contributed by atoms with Gasteiger partial charge in [-0.25, -0.2) is 4.21 Å². The molecule has 1 rings (SSSR count). The fourth-order valence-corrected chi connectivity index (χ4v) is 2.09. The highest BCUT2D eigenvalue weighted by Crippen LogP contribution is 2.07. The lowest BCUT2D eigenvalue weighted by Gasteiger charge is -2.01. The van der Waals surface area contributed by atoms with Gasteiger partial charge in [0.05, 0.1) is 16.9 Å². The Morgan fingerprint density at radius 2 is 2.07 bits per heavy atom. The lowest BCUT2D eigenvalue weighted by atomic mass is 10.2. The number of benzene rings is 1. The van der Waals surface area contributed by atoms with E-state index in [1.54, 1.807) is 11.5 Å². The largest absolute Gasteiger partial charge is 0.389 e. The molecule has 1 N–H and O–H groups in total. The summed E-state index contributed by atoms with van der Waals surface area (Å²) in [5.74, 6) is 0. The molecule has 1 aromatic rings. The van der Waals surface area contributed by atoms with E-state index in [0.717, 1.165) is 11.3 Å². The molecule has 0 radical (unpaired) electrons. The lowest BCUT2D eigenvalue weighted by Crippen LogP contribution is -2.01. The van der Waals surface area contributed by atoms with Crippen molar-refractivity contribution in [1.29, 1.82) is 0 Å². The third-order valence-corrected chi connectivity index (χ3v) is 3.13. The zero-order valence-corrected chi connectivity index (χ0v) is 9.61. The second-order valence-corrected chi connectivity index (χ2v) is 4.63. The van der Waals surface area contributed by atoms with Crippen LogP contribution >= 0.6 is 0 Å². The first kappa shape index (κ1) is 12.1. The molecule has 0 saturated carbocycles. The van der Waals surface area contributed by atoms with Crippen LogP contribution in [0.3, 0.4) is 0 Å². The topological polar surface area (TPSA) is 37.3 Å². The van der Waals surface area contributed by atoms with Crippen molar-refractivity contribution in [3.63, 3.8) is 0 Å². The Bertz CT molecular complexity index is 333. The Hall–Kier alpha value is -0.930. The van der Waals surface area contributed by atoms with E-state index in [-0.39, 0.29) is 0 Å². The molecule has 2 atom stereocenters. The first-order valence-electron chi connectivity index (χ1n) is 5.06. The van der Waals surface area contributed by atoms with Gasteiger partial charge in [0, 0.05) is 10.3 Å². The zero-order valence-electron chi connectivity index (χ0n) is 8.80. The van der Waals surface area contributed by atoms with Crippen molar-refractivity contribution < 1.29 is 9.32 Å². The van der Waals surface area contributed by atoms with Crippen molar-refractivity contribution in [3.05, 3.63) is 41.8 Å². The quantitative estimate of drug-likeness (QED) is 0.834. The number of hydrogen-bond acceptors (Lipinski definition) is 2. The first-order valence-corrected chi connectivity index (χ1v) is 6.27. The molecule has 0 aromatic heterocycles. The molecule has 0 amide bonds. The lowest BCUT2D eigenvalue weighted by molar-refractivity contribution is 0.212. The van der Waals surface area contributed by atoms with E-state index in [1.165, 1.54) is 0 Å². The summed E-state index contributed by atoms with van der Waals surface area (Å²) < 4.78 is 11.7. The van der Waals surface area contributed by atoms with Crippen LogP contribution in [0.5, 0.6) is 0 Å². The van der Waals surface area contributed by atoms with Crippen LogP contribution in [0, 0.1) is 0 Å². The summed E-state index contributed by atoms with van der Waals surface area (Å²) in [6.07, 6.45) is 2.75. The van der Waals surface area contributed by atoms with Crippen LogP contribution in [0.4, 0.5) is 0 Å². The predicted molar refractivity (Wildman–Crippen MR) is 62.9 cm³/mol. The number of hydrogen-bond donors (Lipinski definition) is 1. The molecular weight excluding hydrogens is 208 g/mol. The van der Waals surface area contributed by atoms with Gasteiger partial charge in [-0.05, 0) is 24.6 Å². The molecule has 0 unspecified atom stereocenters. The Kier molecular flexibility index (Phi) is 5.29. The molecule has 3 heteroatoms. The Morgan fingerprint density at radius 1 is 1.40 bits per heavy atom. The van der Waals surface area contributed by atoms with Crippen molar-refractivity contribution in [2.24, 2.45) is 0 Å². The molecule has 0 bridgehead atoms. The number of aliphatic hydroxyl groups is 1. The molecule has 0 aliphatic rings. The molecule has 82 valence electrons. The summed E-state index contributed by atoms with van der Waals surface area (Å²) in [5, 5.41) is 11.0. The maximum absolute atomic E-state index is 11.7. The second kappa shape index (κ2) is 6.53. The van der Waals surface area contributed by atoms with E-state index in [1.807, 2.05) is 37.3 Å². The molecule has 0 heterocycles. The predicted octanol–water partition coefficient (Wildman–Crippen LogP) is 2.47. The minimum atomic E-state index is -1.15. The van der Waals surface area contributed by atoms with Crippen LogP contribution in [0.25, 0.3) is 0 Å². The normalized spacial score (nSPS) is 15.3. The average Bonchev–Trinajstić information content (AvgIpc) is 2.27. The molecule has 15 heavy (non-hydrogen) atoms. The van der Waals surface area contributed by atoms with E-state index in [0.29, 0.717) is 6.42 Å². The maximum atomic E-state index is 11.7. The van der Waals surface area contributed by atoms with Crippen molar-refractivity contribution in [3.8, 4) is 0 Å². The molecule has 2 nitrogen and oxygen atoms in total. The van der Waals surface area contributed by atoms with Gasteiger partial charge in [0.15, 0.2) is 0 Å². The van der Waals surface area contributed by atoms with Crippen LogP contribution < -0.4 is 0 Å². The van der Waals surface area contributed by atoms with Gasteiger partial charge in [-0.3, -0.25) is 0 Å². The summed E-state index contributed by atoms with van der Waals surface area (Å²) in [6.45, 7) is 2.01. The highest BCUT2D eigenvalue weighted by Gasteiger charge is 2.00. The Morgan fingerprint density at radius 3 is 2.67 bits per heavy atom. The Labute approximate surface area is 93.1 Å². The van der Waals surface area contributed by atoms with Crippen LogP contribution in [0.15, 0.2) is 46.7 Å². The van der Waals surface area contributed by atoms with E-state index in [9.17, 15) is 9.32 Å². The summed E-state index contributed by atoms with van der Waals surface area (Å²) in [6, 6.07) is 9.21. The van der Waals surface area contributed by atoms with Gasteiger partial charge in [-0.2, -0.15) is 0 Å². The highest BCUT2D eigenvalue weighted by molar-refractivity contribution is 7.88. The van der Waals surface area contributed by atoms with E-state index >= 15 is 0 Å². The molecule has 0 aliphatic carbocycles. The van der Waals surface area contributed by atoms with Gasteiger partial charge in [-0.15, -0.1) is 0 Å². The third kappa shape index (κ3) is 4.40. The first-order chi connectivity index (χ1) is 7.24. The summed E-state index contributed by atoms with van der Waals surface area (Å²) >= 11 is 0. The van der Waals surface area contributed by atoms with Crippen molar-refractivity contribution in [2.45, 2.75) is 30.8 Å². The van der Waals surface area contributed by atoms with Crippen LogP contribution in [-0.4, -0.2) is 15.4 Å². The summed E-state index contributed by atoms with van der Waals surface area (Å²) in [7, 11) is -1.15. The average molecular weight is 224 g/mol. The molecular formula is C12H16O2S. The fraction of sp³-hybridized carbons (Fsp3) is 0.333. The van der Waals surface area contributed by atoms with E-state index in [4.69, 9.17) is 0 Å². The van der Waals surface area contributed by atoms with E-state index < -0.39 is 16.9 Å². The summed E-state index contributed by atoms with van der Waals surface area (Å²) in [4.78, 5) is 0.762. The monoisotopic (exact) mass is 224 g/mol. The van der Waals surface area contributed by atoms with Gasteiger partial charge in [0.2, 0.25) is 0 Å². The van der Waals surface area contributed by atoms with E-state index in [2.05, 4.69) is 0 Å². The van der Waals surface area contributed by atoms with Gasteiger partial charge >= 0.3 is 0 Å².